The van der Waals surface area contributed by atoms with Crippen LogP contribution in [0.4, 0.5) is 5.69 Å². The van der Waals surface area contributed by atoms with Gasteiger partial charge in [0.1, 0.15) is 12.3 Å². The molecule has 1 unspecified atom stereocenters. The number of ether oxygens (including phenoxy) is 1. The molecule has 6 rings (SSSR count). The van der Waals surface area contributed by atoms with Crippen LogP contribution in [0.2, 0.25) is 0 Å². The molecule has 1 saturated heterocycles. The number of allylic oxidation sites excluding steroid dienone is 2. The van der Waals surface area contributed by atoms with E-state index < -0.39 is 11.0 Å². The largest absolute Gasteiger partial charge is 0.356 e. The smallest absolute Gasteiger partial charge is 0.224 e. The Labute approximate surface area is 259 Å². The first kappa shape index (κ1) is 27.1. The number of hydrogen-bond donors (Lipinski definition) is 2. The molecule has 3 aromatic rings. The Balaban J connectivity index is 1.43. The fraction of sp³-hybridized carbons (Fsp3) is 0.250. The van der Waals surface area contributed by atoms with Crippen molar-refractivity contribution in [2.45, 2.75) is 44.6 Å². The molecule has 11 heteroatoms. The van der Waals surface area contributed by atoms with Gasteiger partial charge in [0.2, 0.25) is 5.91 Å². The average Bonchev–Trinajstić information content (AvgIpc) is 3.35. The number of Topliss-reactive ketones (excluding diaryl/α,β-unsaturated/α-hetero) is 1. The zero-order valence-electron chi connectivity index (χ0n) is 20.9. The summed E-state index contributed by atoms with van der Waals surface area (Å²) < 4.78 is 11.0. The summed E-state index contributed by atoms with van der Waals surface area (Å²) in [6, 6.07) is 11.9. The summed E-state index contributed by atoms with van der Waals surface area (Å²) in [6.45, 7) is 4.48. The van der Waals surface area contributed by atoms with Crippen LogP contribution in [0.5, 0.6) is 0 Å². The topological polar surface area (TPSA) is 85.3 Å². The first-order chi connectivity index (χ1) is 18.5. The van der Waals surface area contributed by atoms with Gasteiger partial charge in [-0.15, -0.1) is 0 Å². The molecule has 2 aromatic carbocycles. The highest BCUT2D eigenvalue weighted by atomic mass is 79.9. The Hall–Kier alpha value is -2.05. The fourth-order valence-corrected chi connectivity index (χ4v) is 7.68. The highest BCUT2D eigenvalue weighted by molar-refractivity contribution is 9.14. The van der Waals surface area contributed by atoms with Gasteiger partial charge >= 0.3 is 0 Å². The van der Waals surface area contributed by atoms with Gasteiger partial charge in [-0.1, -0.05) is 30.3 Å². The summed E-state index contributed by atoms with van der Waals surface area (Å²) in [7, 11) is 0. The van der Waals surface area contributed by atoms with Crippen LogP contribution >= 0.6 is 63.7 Å². The Morgan fingerprint density at radius 1 is 1.05 bits per heavy atom. The van der Waals surface area contributed by atoms with E-state index >= 15 is 0 Å². The number of fused-ring (bicyclic) bond motifs is 3. The van der Waals surface area contributed by atoms with Crippen molar-refractivity contribution in [3.05, 3.63) is 94.4 Å². The fourth-order valence-electron chi connectivity index (χ4n) is 5.43. The lowest BCUT2D eigenvalue weighted by atomic mass is 9.75. The summed E-state index contributed by atoms with van der Waals surface area (Å²) in [4.78, 5) is 31.3. The molecule has 0 saturated carbocycles. The van der Waals surface area contributed by atoms with Crippen molar-refractivity contribution in [2.24, 2.45) is 0 Å². The highest BCUT2D eigenvalue weighted by Crippen LogP contribution is 2.55. The van der Waals surface area contributed by atoms with Crippen LogP contribution in [0, 0.1) is 0 Å². The average molecular weight is 782 g/mol. The lowest BCUT2D eigenvalue weighted by Gasteiger charge is -2.41. The molecule has 0 bridgehead atoms. The number of anilines is 1. The lowest BCUT2D eigenvalue weighted by Crippen LogP contribution is -2.59. The predicted octanol–water partition coefficient (Wildman–Crippen LogP) is 7.08. The zero-order valence-corrected chi connectivity index (χ0v) is 27.2. The number of β-lactam (4-membered cyclic amide) rings is 1. The molecule has 3 aliphatic rings. The van der Waals surface area contributed by atoms with Crippen molar-refractivity contribution >= 4 is 87.2 Å². The number of aromatic nitrogens is 2. The Bertz CT molecular complexity index is 1620. The number of hydrogen-bond acceptors (Lipinski definition) is 5. The summed E-state index contributed by atoms with van der Waals surface area (Å²) in [6.07, 6.45) is 3.97. The first-order valence-electron chi connectivity index (χ1n) is 12.2. The van der Waals surface area contributed by atoms with E-state index in [9.17, 15) is 9.59 Å². The van der Waals surface area contributed by atoms with Gasteiger partial charge in [0.05, 0.1) is 35.5 Å². The van der Waals surface area contributed by atoms with E-state index in [1.807, 2.05) is 67.0 Å². The number of carbonyl (C=O) groups is 2. The Morgan fingerprint density at radius 2 is 1.77 bits per heavy atom. The van der Waals surface area contributed by atoms with Gasteiger partial charge < -0.3 is 15.4 Å². The van der Waals surface area contributed by atoms with Gasteiger partial charge in [-0.05, 0) is 101 Å². The second kappa shape index (κ2) is 9.80. The molecular weight excluding hydrogens is 760 g/mol. The van der Waals surface area contributed by atoms with Crippen molar-refractivity contribution in [3.8, 4) is 0 Å². The van der Waals surface area contributed by atoms with Crippen molar-refractivity contribution < 1.29 is 14.3 Å². The summed E-state index contributed by atoms with van der Waals surface area (Å²) in [5, 5.41) is 6.57. The molecule has 1 aliphatic carbocycles. The predicted molar refractivity (Wildman–Crippen MR) is 163 cm³/mol. The molecule has 1 atom stereocenters. The quantitative estimate of drug-likeness (QED) is 0.168. The second-order valence-corrected chi connectivity index (χ2v) is 13.4. The molecule has 1 fully saturated rings. The van der Waals surface area contributed by atoms with Gasteiger partial charge in [-0.2, -0.15) is 0 Å². The number of nitrogens with one attached hydrogen (secondary N) is 2. The molecule has 1 aromatic heterocycles. The third-order valence-corrected chi connectivity index (χ3v) is 11.3. The van der Waals surface area contributed by atoms with E-state index in [0.29, 0.717) is 28.3 Å². The van der Waals surface area contributed by atoms with Crippen LogP contribution in [-0.2, 0) is 38.6 Å². The van der Waals surface area contributed by atoms with E-state index in [2.05, 4.69) is 74.4 Å². The molecule has 1 amide bonds. The second-order valence-electron chi connectivity index (χ2n) is 10.2. The van der Waals surface area contributed by atoms with Crippen molar-refractivity contribution in [1.82, 2.24) is 14.9 Å². The number of amides is 1. The van der Waals surface area contributed by atoms with Crippen molar-refractivity contribution in [2.75, 3.05) is 5.32 Å². The Kier molecular flexibility index (Phi) is 6.82. The molecule has 1 spiro atoms. The zero-order chi connectivity index (χ0) is 27.7. The van der Waals surface area contributed by atoms with E-state index in [0.717, 1.165) is 35.9 Å². The van der Waals surface area contributed by atoms with Crippen LogP contribution in [0.15, 0.2) is 71.9 Å². The SMILES string of the molecule is CC1(C)C(=O)/C(=C2/Nc3cc(Br)c(Br)c(Br)c3C23CC(=O)N3)C=Cc2c1nc(Br)n2COCc1ccccc1. The normalized spacial score (nSPS) is 22.7. The van der Waals surface area contributed by atoms with Crippen LogP contribution in [-0.4, -0.2) is 21.2 Å². The minimum absolute atomic E-state index is 0.0751. The van der Waals surface area contributed by atoms with Crippen LogP contribution in [0.1, 0.15) is 42.8 Å². The molecule has 7 nitrogen and oxygen atoms in total. The number of benzene rings is 2. The highest BCUT2D eigenvalue weighted by Gasteiger charge is 2.56. The number of carbonyl (C=O) groups excluding carboxylic acids is 2. The standard InChI is InChI=1S/C28H22Br4N4O3/c1-27(2)24-18(36(26(32)34-24)13-39-12-14-6-4-3-5-7-14)9-8-15(25(27)38)23-28(11-19(37)35-28)20-17(33-23)10-16(29)21(30)22(20)31/h3-10,33H,11-13H2,1-2H3,(H,35,37)/b23-15+. The summed E-state index contributed by atoms with van der Waals surface area (Å²) in [5.41, 5.74) is 3.60. The van der Waals surface area contributed by atoms with Gasteiger partial charge in [0.25, 0.3) is 0 Å². The van der Waals surface area contributed by atoms with Gasteiger partial charge in [-0.3, -0.25) is 14.2 Å². The van der Waals surface area contributed by atoms with E-state index in [4.69, 9.17) is 9.72 Å². The summed E-state index contributed by atoms with van der Waals surface area (Å²) >= 11 is 14.5. The van der Waals surface area contributed by atoms with E-state index in [1.54, 1.807) is 0 Å². The van der Waals surface area contributed by atoms with Crippen LogP contribution in [0.25, 0.3) is 6.08 Å². The first-order valence-corrected chi connectivity index (χ1v) is 15.3. The maximum atomic E-state index is 14.2. The van der Waals surface area contributed by atoms with Gasteiger partial charge in [-0.25, -0.2) is 4.98 Å². The molecule has 2 N–H and O–H groups in total. The molecule has 200 valence electrons. The number of halogens is 4. The van der Waals surface area contributed by atoms with Gasteiger partial charge in [0.15, 0.2) is 10.5 Å². The Morgan fingerprint density at radius 3 is 2.46 bits per heavy atom. The van der Waals surface area contributed by atoms with E-state index in [1.165, 1.54) is 0 Å². The van der Waals surface area contributed by atoms with Gasteiger partial charge in [0, 0.05) is 30.2 Å². The minimum Gasteiger partial charge on any atom is -0.356 e. The third-order valence-electron chi connectivity index (χ3n) is 7.43. The maximum absolute atomic E-state index is 14.2. The van der Waals surface area contributed by atoms with Crippen molar-refractivity contribution in [3.63, 3.8) is 0 Å². The molecule has 2 aliphatic heterocycles. The van der Waals surface area contributed by atoms with Crippen LogP contribution < -0.4 is 10.6 Å². The molecule has 39 heavy (non-hydrogen) atoms. The maximum Gasteiger partial charge on any atom is 0.224 e. The molecular formula is C28H22Br4N4O3. The minimum atomic E-state index is -0.946. The molecule has 3 heterocycles. The summed E-state index contributed by atoms with van der Waals surface area (Å²) in [5.74, 6) is -0.168. The van der Waals surface area contributed by atoms with Crippen molar-refractivity contribution in [1.29, 1.82) is 0 Å². The van der Waals surface area contributed by atoms with Crippen LogP contribution in [0.3, 0.4) is 0 Å². The number of imidazole rings is 1. The number of ketones is 1. The lowest BCUT2D eigenvalue weighted by molar-refractivity contribution is -0.131. The van der Waals surface area contributed by atoms with E-state index in [-0.39, 0.29) is 24.8 Å². The third kappa shape index (κ3) is 4.23. The monoisotopic (exact) mass is 778 g/mol. The number of nitrogens with zero attached hydrogens (tertiary/aromatic N) is 2. The molecule has 0 radical (unpaired) electrons. The number of rotatable bonds is 4.